The molecule has 0 radical (unpaired) electrons. The van der Waals surface area contributed by atoms with Crippen LogP contribution in [0.2, 0.25) is 0 Å². The smallest absolute Gasteiger partial charge is 0.249 e. The van der Waals surface area contributed by atoms with Gasteiger partial charge in [-0.15, -0.1) is 0 Å². The van der Waals surface area contributed by atoms with Crippen LogP contribution in [0.25, 0.3) is 28.4 Å². The minimum Gasteiger partial charge on any atom is -0.507 e. The number of hydrogen-bond donors (Lipinski definition) is 2. The molecule has 0 saturated carbocycles. The number of carbonyl (C=O) groups is 1. The van der Waals surface area contributed by atoms with Crippen LogP contribution in [0, 0.1) is 6.92 Å². The van der Waals surface area contributed by atoms with Crippen LogP contribution in [0.1, 0.15) is 75.2 Å². The number of methoxy groups -OCH3 is 2. The number of azide groups is 1. The van der Waals surface area contributed by atoms with Crippen LogP contribution in [0.3, 0.4) is 0 Å². The van der Waals surface area contributed by atoms with Gasteiger partial charge in [-0.1, -0.05) is 54.1 Å². The topological polar surface area (TPSA) is 134 Å². The Kier molecular flexibility index (Phi) is 8.94. The zero-order chi connectivity index (χ0) is 33.2. The Morgan fingerprint density at radius 1 is 1.17 bits per heavy atom. The number of allylic oxidation sites excluding steroid dienone is 4. The van der Waals surface area contributed by atoms with E-state index >= 15 is 0 Å². The Bertz CT molecular complexity index is 2050. The maximum Gasteiger partial charge on any atom is 0.249 e. The van der Waals surface area contributed by atoms with E-state index in [4.69, 9.17) is 19.7 Å². The number of ether oxygens (including phenoxy) is 3. The van der Waals surface area contributed by atoms with E-state index in [0.717, 1.165) is 45.6 Å². The maximum absolute atomic E-state index is 12.5. The van der Waals surface area contributed by atoms with Crippen molar-refractivity contribution in [1.29, 1.82) is 0 Å². The van der Waals surface area contributed by atoms with Crippen LogP contribution in [-0.2, 0) is 24.0 Å². The molecule has 3 aliphatic rings. The molecule has 6 rings (SSSR count). The number of nitrogens with zero attached hydrogens (tertiary/aromatic N) is 3. The second-order valence-corrected chi connectivity index (χ2v) is 12.1. The van der Waals surface area contributed by atoms with E-state index in [0.29, 0.717) is 47.6 Å². The number of carbonyl (C=O) groups excluding carboxylic acids is 1. The van der Waals surface area contributed by atoms with Gasteiger partial charge in [0.25, 0.3) is 0 Å². The van der Waals surface area contributed by atoms with Crippen molar-refractivity contribution < 1.29 is 29.2 Å². The molecule has 3 aromatic carbocycles. The third-order valence-corrected chi connectivity index (χ3v) is 9.25. The highest BCUT2D eigenvalue weighted by Crippen LogP contribution is 2.42. The average molecular weight is 632 g/mol. The third kappa shape index (κ3) is 6.03. The lowest BCUT2D eigenvalue weighted by atomic mass is 9.84. The van der Waals surface area contributed by atoms with E-state index in [9.17, 15) is 15.0 Å². The summed E-state index contributed by atoms with van der Waals surface area (Å²) in [7, 11) is 3.21. The average Bonchev–Trinajstić information content (AvgIpc) is 3.45. The highest BCUT2D eigenvalue weighted by atomic mass is 16.5. The number of hydrogen-bond acceptors (Lipinski definition) is 6. The van der Waals surface area contributed by atoms with Crippen molar-refractivity contribution in [3.63, 3.8) is 0 Å². The first kappa shape index (κ1) is 31.7. The van der Waals surface area contributed by atoms with E-state index < -0.39 is 12.0 Å². The summed E-state index contributed by atoms with van der Waals surface area (Å²) in [5.74, 6) is 1.30. The third-order valence-electron chi connectivity index (χ3n) is 9.25. The molecule has 1 heterocycles. The molecule has 0 spiro atoms. The van der Waals surface area contributed by atoms with E-state index in [1.165, 1.54) is 17.2 Å². The fourth-order valence-electron chi connectivity index (χ4n) is 7.05. The van der Waals surface area contributed by atoms with Crippen LogP contribution in [0.4, 0.5) is 0 Å². The van der Waals surface area contributed by atoms with Crippen LogP contribution < -0.4 is 19.9 Å². The van der Waals surface area contributed by atoms with Gasteiger partial charge >= 0.3 is 0 Å². The number of fused-ring (bicyclic) bond motifs is 2. The van der Waals surface area contributed by atoms with Crippen LogP contribution in [-0.4, -0.2) is 36.4 Å². The van der Waals surface area contributed by atoms with Crippen molar-refractivity contribution in [3.8, 4) is 11.5 Å². The van der Waals surface area contributed by atoms with Crippen molar-refractivity contribution in [2.24, 2.45) is 5.11 Å². The predicted molar refractivity (Wildman–Crippen MR) is 181 cm³/mol. The van der Waals surface area contributed by atoms with Gasteiger partial charge < -0.3 is 24.4 Å². The highest BCUT2D eigenvalue weighted by Gasteiger charge is 2.29. The lowest BCUT2D eigenvalue weighted by Gasteiger charge is -2.25. The maximum atomic E-state index is 12.5. The Labute approximate surface area is 273 Å². The molecule has 240 valence electrons. The molecule has 1 amide bonds. The molecule has 2 N–H and O–H groups in total. The molecule has 1 aliphatic heterocycles. The van der Waals surface area contributed by atoms with Crippen LogP contribution >= 0.6 is 0 Å². The molecule has 0 saturated heterocycles. The summed E-state index contributed by atoms with van der Waals surface area (Å²) >= 11 is 0. The van der Waals surface area contributed by atoms with Crippen molar-refractivity contribution in [3.05, 3.63) is 131 Å². The van der Waals surface area contributed by atoms with Gasteiger partial charge in [0.1, 0.15) is 29.1 Å². The van der Waals surface area contributed by atoms with E-state index in [1.807, 2.05) is 43.4 Å². The Hall–Kier alpha value is -5.24. The van der Waals surface area contributed by atoms with Gasteiger partial charge in [0.15, 0.2) is 0 Å². The molecule has 0 aromatic heterocycles. The van der Waals surface area contributed by atoms with Gasteiger partial charge in [-0.2, -0.15) is 0 Å². The Morgan fingerprint density at radius 3 is 2.74 bits per heavy atom. The molecular weight excluding hydrogens is 594 g/mol. The molecule has 2 bridgehead atoms. The number of amides is 1. The summed E-state index contributed by atoms with van der Waals surface area (Å²) in [6.45, 7) is 4.03. The van der Waals surface area contributed by atoms with Gasteiger partial charge in [-0.3, -0.25) is 4.79 Å². The summed E-state index contributed by atoms with van der Waals surface area (Å²) in [5.41, 5.74) is 16.4. The zero-order valence-corrected chi connectivity index (χ0v) is 26.9. The fourth-order valence-corrected chi connectivity index (χ4v) is 7.05. The first-order chi connectivity index (χ1) is 22.7. The summed E-state index contributed by atoms with van der Waals surface area (Å²) in [4.78, 5) is 15.1. The van der Waals surface area contributed by atoms with Gasteiger partial charge in [0, 0.05) is 40.2 Å². The molecule has 3 aromatic rings. The van der Waals surface area contributed by atoms with Crippen molar-refractivity contribution in [1.82, 2.24) is 0 Å². The SMILES string of the molecule is COc1cc(OC)c(CCC2=CC(O)=c3c(C(=O)N=[N+]=[N-])cccc3=CC2)c(C(O)c2ccc3c4c2C=CC=C(C4)OC(C)C3)c1C. The monoisotopic (exact) mass is 631 g/mol. The molecule has 2 unspecified atom stereocenters. The highest BCUT2D eigenvalue weighted by molar-refractivity contribution is 5.95. The molecule has 2 atom stereocenters. The molecule has 9 nitrogen and oxygen atoms in total. The molecule has 0 fully saturated rings. The largest absolute Gasteiger partial charge is 0.507 e. The molecular formula is C38H37N3O6. The van der Waals surface area contributed by atoms with E-state index in [-0.39, 0.29) is 17.4 Å². The van der Waals surface area contributed by atoms with Crippen LogP contribution in [0.15, 0.2) is 71.1 Å². The first-order valence-electron chi connectivity index (χ1n) is 15.7. The number of aliphatic hydroxyl groups is 2. The standard InChI is InChI=1S/C38H37N3O6/c1-21-17-25-14-16-28(27-9-6-8-26(47-21)19-31(25)27)37(43)35-22(2)33(45-3)20-34(46-4)29(35)15-12-23-11-13-24-7-5-10-30(38(44)40-41-39)36(24)32(42)18-23/h5-10,13-14,16,18,20-21,37,42-43H,11-12,15,17,19H2,1-4H3. The van der Waals surface area contributed by atoms with Crippen molar-refractivity contribution in [2.45, 2.75) is 58.2 Å². The fraction of sp³-hybridized carbons (Fsp3) is 0.289. The van der Waals surface area contributed by atoms with Gasteiger partial charge in [-0.25, -0.2) is 0 Å². The van der Waals surface area contributed by atoms with E-state index in [2.05, 4.69) is 29.1 Å². The molecule has 47 heavy (non-hydrogen) atoms. The normalized spacial score (nSPS) is 16.9. The number of aliphatic hydroxyl groups excluding tert-OH is 2. The lowest BCUT2D eigenvalue weighted by Crippen LogP contribution is -2.31. The molecule has 2 aliphatic carbocycles. The number of benzene rings is 3. The molecule has 9 heteroatoms. The van der Waals surface area contributed by atoms with Crippen molar-refractivity contribution >= 4 is 23.8 Å². The number of rotatable bonds is 8. The summed E-state index contributed by atoms with van der Waals surface area (Å²) < 4.78 is 17.8. The minimum atomic E-state index is -0.977. The zero-order valence-electron chi connectivity index (χ0n) is 26.9. The van der Waals surface area contributed by atoms with Crippen molar-refractivity contribution in [2.75, 3.05) is 14.2 Å². The van der Waals surface area contributed by atoms with Crippen LogP contribution in [0.5, 0.6) is 11.5 Å². The summed E-state index contributed by atoms with van der Waals surface area (Å²) in [6, 6.07) is 11.0. The minimum absolute atomic E-state index is 0.0623. The Morgan fingerprint density at radius 2 is 1.98 bits per heavy atom. The summed E-state index contributed by atoms with van der Waals surface area (Å²) in [5, 5.41) is 27.7. The second-order valence-electron chi connectivity index (χ2n) is 12.1. The second kappa shape index (κ2) is 13.2. The Balaban J connectivity index is 1.41. The predicted octanol–water partition coefficient (Wildman–Crippen LogP) is 6.37. The lowest BCUT2D eigenvalue weighted by molar-refractivity contribution is 0.0999. The first-order valence-corrected chi connectivity index (χ1v) is 15.7. The van der Waals surface area contributed by atoms with Gasteiger partial charge in [-0.05, 0) is 94.5 Å². The van der Waals surface area contributed by atoms with E-state index in [1.54, 1.807) is 26.4 Å². The quantitative estimate of drug-likeness (QED) is 0.169. The summed E-state index contributed by atoms with van der Waals surface area (Å²) in [6.07, 6.45) is 11.8. The van der Waals surface area contributed by atoms with Gasteiger partial charge in [0.05, 0.1) is 20.3 Å². The van der Waals surface area contributed by atoms with Gasteiger partial charge in [0.2, 0.25) is 5.91 Å².